The monoisotopic (exact) mass is 385 g/mol. The molecular weight excluding hydrogens is 365 g/mol. The molecule has 0 saturated carbocycles. The zero-order valence-electron chi connectivity index (χ0n) is 14.9. The van der Waals surface area contributed by atoms with Crippen LogP contribution in [-0.4, -0.2) is 15.6 Å². The Balaban J connectivity index is 1.91. The molecule has 1 atom stereocenters. The minimum absolute atomic E-state index is 0.0530. The molecule has 0 amide bonds. The van der Waals surface area contributed by atoms with Crippen molar-refractivity contribution in [1.29, 1.82) is 0 Å². The number of hydrogen-bond acceptors (Lipinski definition) is 1. The molecule has 0 spiro atoms. The quantitative estimate of drug-likeness (QED) is 0.579. The van der Waals surface area contributed by atoms with E-state index in [0.717, 1.165) is 53.4 Å². The van der Waals surface area contributed by atoms with Crippen LogP contribution in [0.15, 0.2) is 42.5 Å². The summed E-state index contributed by atoms with van der Waals surface area (Å²) in [5.74, 6) is -1.10. The molecule has 27 heavy (non-hydrogen) atoms. The van der Waals surface area contributed by atoms with E-state index in [1.165, 1.54) is 6.07 Å². The van der Waals surface area contributed by atoms with Gasteiger partial charge in [0.2, 0.25) is 0 Å². The predicted molar refractivity (Wildman–Crippen MR) is 105 cm³/mol. The summed E-state index contributed by atoms with van der Waals surface area (Å²) in [5, 5.41) is 11.0. The summed E-state index contributed by atoms with van der Waals surface area (Å²) in [4.78, 5) is 11.5. The fourth-order valence-electron chi connectivity index (χ4n) is 4.33. The van der Waals surface area contributed by atoms with Gasteiger partial charge in [-0.1, -0.05) is 30.2 Å². The number of fused-ring (bicyclic) bond motifs is 3. The first kappa shape index (κ1) is 18.1. The average Bonchev–Trinajstić information content (AvgIpc) is 2.77. The highest BCUT2D eigenvalue weighted by Crippen LogP contribution is 2.39. The lowest BCUT2D eigenvalue weighted by Gasteiger charge is -2.19. The van der Waals surface area contributed by atoms with Crippen molar-refractivity contribution in [3.8, 4) is 0 Å². The fourth-order valence-corrected chi connectivity index (χ4v) is 4.45. The summed E-state index contributed by atoms with van der Waals surface area (Å²) < 4.78 is 16.2. The summed E-state index contributed by atoms with van der Waals surface area (Å²) in [6.45, 7) is 0.616. The third kappa shape index (κ3) is 3.59. The van der Waals surface area contributed by atoms with Crippen LogP contribution in [0.3, 0.4) is 0 Å². The number of carboxylic acid groups (broad SMARTS) is 1. The highest BCUT2D eigenvalue weighted by Gasteiger charge is 2.28. The van der Waals surface area contributed by atoms with Crippen molar-refractivity contribution < 1.29 is 14.3 Å². The molecule has 4 rings (SSSR count). The lowest BCUT2D eigenvalue weighted by molar-refractivity contribution is -0.137. The number of nitrogens with zero attached hydrogens (tertiary/aromatic N) is 1. The maximum atomic E-state index is 14.0. The third-order valence-electron chi connectivity index (χ3n) is 5.47. The second kappa shape index (κ2) is 7.35. The van der Waals surface area contributed by atoms with Gasteiger partial charge < -0.3 is 9.67 Å². The Labute approximate surface area is 162 Å². The second-order valence-corrected chi connectivity index (χ2v) is 7.71. The minimum Gasteiger partial charge on any atom is -0.481 e. The van der Waals surface area contributed by atoms with Crippen molar-refractivity contribution in [1.82, 2.24) is 4.57 Å². The van der Waals surface area contributed by atoms with Crippen molar-refractivity contribution in [3.63, 3.8) is 0 Å². The van der Waals surface area contributed by atoms with Gasteiger partial charge in [-0.2, -0.15) is 0 Å². The van der Waals surface area contributed by atoms with Crippen LogP contribution in [0.1, 0.15) is 48.4 Å². The van der Waals surface area contributed by atoms with Crippen LogP contribution < -0.4 is 0 Å². The van der Waals surface area contributed by atoms with Gasteiger partial charge in [-0.05, 0) is 60.7 Å². The van der Waals surface area contributed by atoms with Gasteiger partial charge in [-0.15, -0.1) is 0 Å². The van der Waals surface area contributed by atoms with Crippen molar-refractivity contribution >= 4 is 28.5 Å². The largest absolute Gasteiger partial charge is 0.481 e. The van der Waals surface area contributed by atoms with Gasteiger partial charge in [0.05, 0.1) is 6.42 Å². The summed E-state index contributed by atoms with van der Waals surface area (Å²) >= 11 is 6.01. The number of benzene rings is 2. The molecule has 1 unspecified atom stereocenters. The molecule has 0 bridgehead atoms. The Morgan fingerprint density at radius 1 is 1.19 bits per heavy atom. The normalized spacial score (nSPS) is 16.9. The van der Waals surface area contributed by atoms with Crippen LogP contribution in [-0.2, 0) is 17.8 Å². The smallest absolute Gasteiger partial charge is 0.304 e. The molecule has 0 saturated heterocycles. The van der Waals surface area contributed by atoms with Gasteiger partial charge in [0.25, 0.3) is 0 Å². The molecular formula is C22H21ClFNO2. The summed E-state index contributed by atoms with van der Waals surface area (Å²) in [6, 6.07) is 12.6. The van der Waals surface area contributed by atoms with E-state index in [4.69, 9.17) is 11.6 Å². The van der Waals surface area contributed by atoms with Gasteiger partial charge in [0.15, 0.2) is 0 Å². The first-order chi connectivity index (χ1) is 13.0. The first-order valence-electron chi connectivity index (χ1n) is 9.29. The number of halogens is 2. The van der Waals surface area contributed by atoms with Crippen molar-refractivity contribution in [2.45, 2.75) is 44.6 Å². The highest BCUT2D eigenvalue weighted by molar-refractivity contribution is 6.30. The molecule has 140 valence electrons. The molecule has 5 heteroatoms. The Kier molecular flexibility index (Phi) is 4.92. The molecule has 0 radical (unpaired) electrons. The van der Waals surface area contributed by atoms with Gasteiger partial charge in [-0.25, -0.2) is 4.39 Å². The highest BCUT2D eigenvalue weighted by atomic mass is 35.5. The van der Waals surface area contributed by atoms with Crippen LogP contribution in [0.5, 0.6) is 0 Å². The minimum atomic E-state index is -0.790. The average molecular weight is 386 g/mol. The van der Waals surface area contributed by atoms with Crippen molar-refractivity contribution in [2.24, 2.45) is 0 Å². The van der Waals surface area contributed by atoms with Crippen LogP contribution in [0.25, 0.3) is 10.9 Å². The Bertz CT molecular complexity index is 994. The number of rotatable bonds is 4. The van der Waals surface area contributed by atoms with Gasteiger partial charge in [0, 0.05) is 34.1 Å². The van der Waals surface area contributed by atoms with Crippen molar-refractivity contribution in [2.75, 3.05) is 0 Å². The van der Waals surface area contributed by atoms with E-state index in [1.807, 2.05) is 30.3 Å². The standard InChI is InChI=1S/C22H21ClFNO2/c23-16-7-5-14(6-8-16)13-25-20-10-9-17(24)12-19(20)18-4-2-1-3-15(22(18)25)11-21(26)27/h5-10,12,15H,1-4,11,13H2,(H,26,27). The lowest BCUT2D eigenvalue weighted by atomic mass is 9.95. The maximum Gasteiger partial charge on any atom is 0.304 e. The zero-order chi connectivity index (χ0) is 19.0. The van der Waals surface area contributed by atoms with Crippen molar-refractivity contribution in [3.05, 3.63) is 70.1 Å². The SMILES string of the molecule is O=C(O)CC1CCCCc2c1n(Cc1ccc(Cl)cc1)c1ccc(F)cc21. The molecule has 0 aliphatic heterocycles. The summed E-state index contributed by atoms with van der Waals surface area (Å²) in [6.07, 6.45) is 3.80. The molecule has 1 aliphatic carbocycles. The van der Waals surface area contributed by atoms with E-state index >= 15 is 0 Å². The molecule has 1 aliphatic rings. The van der Waals surface area contributed by atoms with E-state index in [2.05, 4.69) is 4.57 Å². The predicted octanol–water partition coefficient (Wildman–Crippen LogP) is 5.77. The van der Waals surface area contributed by atoms with E-state index in [9.17, 15) is 14.3 Å². The van der Waals surface area contributed by atoms with Gasteiger partial charge in [0.1, 0.15) is 5.82 Å². The van der Waals surface area contributed by atoms with E-state index in [0.29, 0.717) is 11.6 Å². The zero-order valence-corrected chi connectivity index (χ0v) is 15.7. The maximum absolute atomic E-state index is 14.0. The molecule has 1 N–H and O–H groups in total. The van der Waals surface area contributed by atoms with Crippen LogP contribution in [0, 0.1) is 5.82 Å². The molecule has 3 aromatic rings. The number of carboxylic acids is 1. The number of hydrogen-bond donors (Lipinski definition) is 1. The molecule has 0 fully saturated rings. The first-order valence-corrected chi connectivity index (χ1v) is 9.67. The number of carbonyl (C=O) groups is 1. The number of aryl methyl sites for hydroxylation is 1. The van der Waals surface area contributed by atoms with Crippen LogP contribution in [0.4, 0.5) is 4.39 Å². The molecule has 2 aromatic carbocycles. The number of aromatic nitrogens is 1. The summed E-state index contributed by atoms with van der Waals surface area (Å²) in [7, 11) is 0. The Morgan fingerprint density at radius 3 is 2.70 bits per heavy atom. The Morgan fingerprint density at radius 2 is 1.96 bits per heavy atom. The molecule has 3 nitrogen and oxygen atoms in total. The van der Waals surface area contributed by atoms with Crippen LogP contribution >= 0.6 is 11.6 Å². The lowest BCUT2D eigenvalue weighted by Crippen LogP contribution is -2.13. The van der Waals surface area contributed by atoms with E-state index in [-0.39, 0.29) is 18.2 Å². The molecule has 1 aromatic heterocycles. The second-order valence-electron chi connectivity index (χ2n) is 7.28. The fraction of sp³-hybridized carbons (Fsp3) is 0.318. The van der Waals surface area contributed by atoms with E-state index < -0.39 is 5.97 Å². The molecule has 1 heterocycles. The van der Waals surface area contributed by atoms with Crippen LogP contribution in [0.2, 0.25) is 5.02 Å². The Hall–Kier alpha value is -2.33. The third-order valence-corrected chi connectivity index (χ3v) is 5.72. The topological polar surface area (TPSA) is 42.2 Å². The van der Waals surface area contributed by atoms with Gasteiger partial charge >= 0.3 is 5.97 Å². The summed E-state index contributed by atoms with van der Waals surface area (Å²) in [5.41, 5.74) is 4.23. The number of aliphatic carboxylic acids is 1. The van der Waals surface area contributed by atoms with E-state index in [1.54, 1.807) is 6.07 Å². The van der Waals surface area contributed by atoms with Gasteiger partial charge in [-0.3, -0.25) is 4.79 Å².